The number of ether oxygens (including phenoxy) is 1. The van der Waals surface area contributed by atoms with Gasteiger partial charge in [0.25, 0.3) is 0 Å². The number of amides is 1. The fraction of sp³-hybridized carbons (Fsp3) is 0.500. The monoisotopic (exact) mass is 538 g/mol. The summed E-state index contributed by atoms with van der Waals surface area (Å²) in [4.78, 5) is 31.5. The van der Waals surface area contributed by atoms with E-state index in [1.807, 2.05) is 32.9 Å². The molecule has 38 heavy (non-hydrogen) atoms. The van der Waals surface area contributed by atoms with Crippen LogP contribution in [0.5, 0.6) is 0 Å². The molecule has 1 aliphatic heterocycles. The summed E-state index contributed by atoms with van der Waals surface area (Å²) in [5.74, 6) is 0.303. The van der Waals surface area contributed by atoms with E-state index in [1.165, 1.54) is 42.7 Å². The minimum atomic E-state index is -0.527. The number of thiazole rings is 1. The molecule has 0 radical (unpaired) electrons. The molecule has 2 fully saturated rings. The van der Waals surface area contributed by atoms with Crippen molar-refractivity contribution >= 4 is 28.5 Å². The van der Waals surface area contributed by atoms with E-state index < -0.39 is 5.60 Å². The van der Waals surface area contributed by atoms with Crippen molar-refractivity contribution in [2.75, 3.05) is 36.4 Å². The lowest BCUT2D eigenvalue weighted by molar-refractivity contribution is 0.0240. The first-order valence-electron chi connectivity index (χ1n) is 13.3. The number of anilines is 2. The predicted molar refractivity (Wildman–Crippen MR) is 149 cm³/mol. The molecule has 2 aromatic heterocycles. The van der Waals surface area contributed by atoms with Crippen LogP contribution in [0, 0.1) is 5.82 Å². The largest absolute Gasteiger partial charge is 0.444 e. The third kappa shape index (κ3) is 6.40. The number of aromatic nitrogens is 3. The van der Waals surface area contributed by atoms with Gasteiger partial charge >= 0.3 is 6.09 Å². The van der Waals surface area contributed by atoms with Crippen LogP contribution in [0.1, 0.15) is 52.9 Å². The highest BCUT2D eigenvalue weighted by atomic mass is 32.1. The van der Waals surface area contributed by atoms with Crippen LogP contribution in [-0.2, 0) is 4.74 Å². The number of carbonyl (C=O) groups excluding carboxylic acids is 1. The molecule has 0 spiro atoms. The van der Waals surface area contributed by atoms with Gasteiger partial charge in [0.15, 0.2) is 5.13 Å². The quantitative estimate of drug-likeness (QED) is 0.414. The van der Waals surface area contributed by atoms with Crippen LogP contribution >= 0.6 is 11.3 Å². The second-order valence-corrected chi connectivity index (χ2v) is 11.9. The van der Waals surface area contributed by atoms with Gasteiger partial charge in [0, 0.05) is 44.0 Å². The predicted octanol–water partition coefficient (Wildman–Crippen LogP) is 6.21. The second kappa shape index (κ2) is 11.2. The first-order chi connectivity index (χ1) is 18.2. The van der Waals surface area contributed by atoms with E-state index in [9.17, 15) is 9.18 Å². The van der Waals surface area contributed by atoms with Crippen molar-refractivity contribution in [3.8, 4) is 21.8 Å². The van der Waals surface area contributed by atoms with E-state index >= 15 is 0 Å². The number of hydrogen-bond donors (Lipinski definition) is 1. The van der Waals surface area contributed by atoms with E-state index in [4.69, 9.17) is 14.7 Å². The number of piperazine rings is 1. The molecule has 0 atom stereocenters. The molecule has 1 N–H and O–H groups in total. The molecule has 0 unspecified atom stereocenters. The van der Waals surface area contributed by atoms with Gasteiger partial charge in [-0.05, 0) is 51.8 Å². The number of benzene rings is 1. The zero-order chi connectivity index (χ0) is 26.7. The average molecular weight is 539 g/mol. The van der Waals surface area contributed by atoms with Crippen molar-refractivity contribution in [3.05, 3.63) is 42.3 Å². The molecule has 8 nitrogen and oxygen atoms in total. The maximum absolute atomic E-state index is 14.2. The van der Waals surface area contributed by atoms with E-state index in [0.717, 1.165) is 28.5 Å². The zero-order valence-electron chi connectivity index (χ0n) is 22.2. The standard InChI is InChI=1S/C28H35FN6O2S/c1-28(2,3)37-27(36)35-16-14-34(15-17-35)26-33-23(19-8-7-9-20(29)18-19)24(38-26)22-12-13-30-25(32-22)31-21-10-5-4-6-11-21/h7-9,12-13,18,21H,4-6,10-11,14-17H2,1-3H3,(H,30,31,32). The lowest BCUT2D eigenvalue weighted by Crippen LogP contribution is -2.50. The topological polar surface area (TPSA) is 83.5 Å². The minimum absolute atomic E-state index is 0.295. The van der Waals surface area contributed by atoms with Crippen molar-refractivity contribution in [2.45, 2.75) is 64.5 Å². The summed E-state index contributed by atoms with van der Waals surface area (Å²) in [6.45, 7) is 7.96. The van der Waals surface area contributed by atoms with Gasteiger partial charge in [-0.2, -0.15) is 0 Å². The van der Waals surface area contributed by atoms with Gasteiger partial charge in [0.2, 0.25) is 5.95 Å². The van der Waals surface area contributed by atoms with Crippen LogP contribution in [0.25, 0.3) is 21.8 Å². The summed E-state index contributed by atoms with van der Waals surface area (Å²) in [5.41, 5.74) is 1.63. The molecule has 3 heterocycles. The van der Waals surface area contributed by atoms with E-state index in [-0.39, 0.29) is 11.9 Å². The van der Waals surface area contributed by atoms with E-state index in [1.54, 1.807) is 17.2 Å². The van der Waals surface area contributed by atoms with E-state index in [0.29, 0.717) is 49.4 Å². The Balaban J connectivity index is 1.40. The van der Waals surface area contributed by atoms with Gasteiger partial charge in [-0.3, -0.25) is 0 Å². The molecule has 1 aromatic carbocycles. The van der Waals surface area contributed by atoms with Crippen LogP contribution in [0.15, 0.2) is 36.5 Å². The van der Waals surface area contributed by atoms with Crippen molar-refractivity contribution in [1.82, 2.24) is 19.9 Å². The normalized spacial score (nSPS) is 16.9. The Morgan fingerprint density at radius 3 is 2.55 bits per heavy atom. The van der Waals surface area contributed by atoms with E-state index in [2.05, 4.69) is 15.2 Å². The highest BCUT2D eigenvalue weighted by Crippen LogP contribution is 2.40. The maximum Gasteiger partial charge on any atom is 0.410 e. The summed E-state index contributed by atoms with van der Waals surface area (Å²) in [6, 6.07) is 8.78. The Hall–Kier alpha value is -3.27. The van der Waals surface area contributed by atoms with Gasteiger partial charge in [-0.15, -0.1) is 0 Å². The zero-order valence-corrected chi connectivity index (χ0v) is 23.1. The highest BCUT2D eigenvalue weighted by Gasteiger charge is 2.28. The maximum atomic E-state index is 14.2. The molecule has 1 saturated heterocycles. The second-order valence-electron chi connectivity index (χ2n) is 10.9. The number of hydrogen-bond acceptors (Lipinski definition) is 8. The van der Waals surface area contributed by atoms with Crippen LogP contribution in [-0.4, -0.2) is 63.8 Å². The lowest BCUT2D eigenvalue weighted by Gasteiger charge is -2.35. The third-order valence-corrected chi connectivity index (χ3v) is 7.88. The number of halogens is 1. The van der Waals surface area contributed by atoms with Crippen molar-refractivity contribution in [1.29, 1.82) is 0 Å². The number of nitrogens with zero attached hydrogens (tertiary/aromatic N) is 5. The molecular formula is C28H35FN6O2S. The van der Waals surface area contributed by atoms with Gasteiger partial charge in [-0.1, -0.05) is 42.7 Å². The minimum Gasteiger partial charge on any atom is -0.444 e. The molecule has 5 rings (SSSR count). The lowest BCUT2D eigenvalue weighted by atomic mass is 9.96. The Labute approximate surface area is 227 Å². The van der Waals surface area contributed by atoms with Crippen molar-refractivity contribution in [2.24, 2.45) is 0 Å². The summed E-state index contributed by atoms with van der Waals surface area (Å²) in [6.07, 6.45) is 7.45. The Morgan fingerprint density at radius 1 is 1.08 bits per heavy atom. The van der Waals surface area contributed by atoms with Gasteiger partial charge in [-0.25, -0.2) is 24.1 Å². The molecule has 202 valence electrons. The van der Waals surface area contributed by atoms with Crippen LogP contribution in [0.3, 0.4) is 0 Å². The summed E-state index contributed by atoms with van der Waals surface area (Å²) >= 11 is 1.53. The number of rotatable bonds is 5. The summed E-state index contributed by atoms with van der Waals surface area (Å²) in [7, 11) is 0. The van der Waals surface area contributed by atoms with Crippen LogP contribution < -0.4 is 10.2 Å². The summed E-state index contributed by atoms with van der Waals surface area (Å²) < 4.78 is 19.7. The van der Waals surface area contributed by atoms with Crippen molar-refractivity contribution < 1.29 is 13.9 Å². The highest BCUT2D eigenvalue weighted by molar-refractivity contribution is 7.19. The number of nitrogens with one attached hydrogen (secondary N) is 1. The Bertz CT molecular complexity index is 1260. The molecule has 3 aromatic rings. The first-order valence-corrected chi connectivity index (χ1v) is 14.2. The van der Waals surface area contributed by atoms with Gasteiger partial charge in [0.1, 0.15) is 11.4 Å². The Morgan fingerprint density at radius 2 is 1.84 bits per heavy atom. The fourth-order valence-electron chi connectivity index (χ4n) is 4.84. The molecule has 1 aliphatic carbocycles. The van der Waals surface area contributed by atoms with Crippen LogP contribution in [0.2, 0.25) is 0 Å². The van der Waals surface area contributed by atoms with Gasteiger partial charge in [0.05, 0.1) is 16.3 Å². The molecule has 2 aliphatic rings. The molecular weight excluding hydrogens is 503 g/mol. The molecule has 1 saturated carbocycles. The fourth-order valence-corrected chi connectivity index (χ4v) is 5.95. The third-order valence-electron chi connectivity index (χ3n) is 6.74. The SMILES string of the molecule is CC(C)(C)OC(=O)N1CCN(c2nc(-c3cccc(F)c3)c(-c3ccnc(NC4CCCCC4)n3)s2)CC1. The van der Waals surface area contributed by atoms with Crippen molar-refractivity contribution in [3.63, 3.8) is 0 Å². The molecule has 0 bridgehead atoms. The van der Waals surface area contributed by atoms with Crippen LogP contribution in [0.4, 0.5) is 20.3 Å². The molecule has 1 amide bonds. The molecule has 10 heteroatoms. The van der Waals surface area contributed by atoms with Gasteiger partial charge < -0.3 is 19.9 Å². The summed E-state index contributed by atoms with van der Waals surface area (Å²) in [5, 5.41) is 4.33. The average Bonchev–Trinajstić information content (AvgIpc) is 3.34. The number of carbonyl (C=O) groups is 1. The smallest absolute Gasteiger partial charge is 0.410 e. The Kier molecular flexibility index (Phi) is 7.78. The first kappa shape index (κ1) is 26.3.